The maximum absolute atomic E-state index is 11.9. The van der Waals surface area contributed by atoms with E-state index in [1.54, 1.807) is 18.3 Å². The number of nitrogens with zero attached hydrogens (tertiary/aromatic N) is 1. The van der Waals surface area contributed by atoms with Gasteiger partial charge in [0.05, 0.1) is 12.3 Å². The van der Waals surface area contributed by atoms with Gasteiger partial charge in [0.1, 0.15) is 5.92 Å². The van der Waals surface area contributed by atoms with Crippen molar-refractivity contribution in [3.05, 3.63) is 10.6 Å². The molecule has 1 aliphatic carbocycles. The van der Waals surface area contributed by atoms with Crippen molar-refractivity contribution >= 4 is 28.3 Å². The minimum atomic E-state index is -0.344. The lowest BCUT2D eigenvalue weighted by atomic mass is 9.91. The van der Waals surface area contributed by atoms with E-state index in [4.69, 9.17) is 10.5 Å². The number of hydrogen-bond donors (Lipinski definition) is 2. The van der Waals surface area contributed by atoms with E-state index in [1.807, 2.05) is 0 Å². The summed E-state index contributed by atoms with van der Waals surface area (Å²) in [6.45, 7) is 2.66. The van der Waals surface area contributed by atoms with Crippen molar-refractivity contribution in [1.29, 1.82) is 0 Å². The number of rotatable bonds is 6. The Morgan fingerprint density at radius 2 is 2.35 bits per heavy atom. The summed E-state index contributed by atoms with van der Waals surface area (Å²) in [7, 11) is 0. The minimum Gasteiger partial charge on any atom is -0.465 e. The summed E-state index contributed by atoms with van der Waals surface area (Å²) in [6, 6.07) is 0. The van der Waals surface area contributed by atoms with E-state index >= 15 is 0 Å². The predicted octanol–water partition coefficient (Wildman–Crippen LogP) is 1.41. The zero-order chi connectivity index (χ0) is 14.5. The summed E-state index contributed by atoms with van der Waals surface area (Å²) in [6.07, 6.45) is 2.97. The van der Waals surface area contributed by atoms with Crippen LogP contribution in [0.15, 0.2) is 0 Å². The van der Waals surface area contributed by atoms with Crippen LogP contribution in [-0.2, 0) is 20.7 Å². The predicted molar refractivity (Wildman–Crippen MR) is 76.7 cm³/mol. The molecule has 7 heteroatoms. The molecule has 1 aromatic heterocycles. The topological polar surface area (TPSA) is 94.3 Å². The maximum atomic E-state index is 11.9. The number of carbonyl (C=O) groups excluding carboxylic acids is 2. The van der Waals surface area contributed by atoms with Crippen LogP contribution >= 0.6 is 11.3 Å². The first kappa shape index (κ1) is 14.8. The van der Waals surface area contributed by atoms with Gasteiger partial charge in [0.2, 0.25) is 5.91 Å². The highest BCUT2D eigenvalue weighted by Gasteiger charge is 2.31. The van der Waals surface area contributed by atoms with Crippen LogP contribution in [-0.4, -0.2) is 30.0 Å². The van der Waals surface area contributed by atoms with E-state index in [0.717, 1.165) is 35.0 Å². The molecule has 0 bridgehead atoms. The Morgan fingerprint density at radius 3 is 3.05 bits per heavy atom. The molecule has 0 spiro atoms. The Morgan fingerprint density at radius 1 is 1.55 bits per heavy atom. The Labute approximate surface area is 121 Å². The number of aromatic nitrogens is 1. The number of nitrogens with two attached hydrogens (primary N) is 1. The number of amides is 1. The largest absolute Gasteiger partial charge is 0.465 e. The van der Waals surface area contributed by atoms with Gasteiger partial charge in [-0.15, -0.1) is 11.3 Å². The molecule has 1 atom stereocenters. The smallest absolute Gasteiger partial charge is 0.315 e. The summed E-state index contributed by atoms with van der Waals surface area (Å²) < 4.78 is 5.10. The average Bonchev–Trinajstić information content (AvgIpc) is 2.80. The quantitative estimate of drug-likeness (QED) is 0.774. The first-order chi connectivity index (χ1) is 9.61. The van der Waals surface area contributed by atoms with Gasteiger partial charge >= 0.3 is 5.97 Å². The highest BCUT2D eigenvalue weighted by Crippen LogP contribution is 2.37. The lowest BCUT2D eigenvalue weighted by Crippen LogP contribution is -2.20. The van der Waals surface area contributed by atoms with Crippen LogP contribution in [0, 0.1) is 0 Å². The molecule has 2 rings (SSSR count). The van der Waals surface area contributed by atoms with Crippen LogP contribution in [0.3, 0.4) is 0 Å². The first-order valence-electron chi connectivity index (χ1n) is 6.80. The normalized spacial score (nSPS) is 17.4. The SMILES string of the molecule is CCOC(=O)C1CCCc2sc(NCCC(N)=O)nc21. The van der Waals surface area contributed by atoms with Gasteiger partial charge in [-0.25, -0.2) is 4.98 Å². The van der Waals surface area contributed by atoms with Crippen molar-refractivity contribution in [2.75, 3.05) is 18.5 Å². The molecule has 3 N–H and O–H groups in total. The molecule has 1 heterocycles. The molecule has 0 fully saturated rings. The van der Waals surface area contributed by atoms with Gasteiger partial charge in [-0.1, -0.05) is 0 Å². The third-order valence-corrected chi connectivity index (χ3v) is 4.26. The van der Waals surface area contributed by atoms with Crippen LogP contribution in [0.5, 0.6) is 0 Å². The van der Waals surface area contributed by atoms with Crippen LogP contribution in [0.25, 0.3) is 0 Å². The monoisotopic (exact) mass is 297 g/mol. The molecule has 0 radical (unpaired) electrons. The molecule has 0 saturated carbocycles. The van der Waals surface area contributed by atoms with E-state index in [1.165, 1.54) is 0 Å². The molecule has 1 unspecified atom stereocenters. The summed E-state index contributed by atoms with van der Waals surface area (Å²) in [5.41, 5.74) is 5.93. The Kier molecular flexibility index (Phi) is 4.94. The molecular weight excluding hydrogens is 278 g/mol. The molecule has 0 aromatic carbocycles. The van der Waals surface area contributed by atoms with E-state index < -0.39 is 0 Å². The van der Waals surface area contributed by atoms with Gasteiger partial charge in [-0.05, 0) is 26.2 Å². The van der Waals surface area contributed by atoms with Gasteiger partial charge in [0.25, 0.3) is 0 Å². The number of nitrogens with one attached hydrogen (secondary N) is 1. The maximum Gasteiger partial charge on any atom is 0.315 e. The number of ether oxygens (including phenoxy) is 1. The molecule has 1 amide bonds. The van der Waals surface area contributed by atoms with Crippen LogP contribution in [0.1, 0.15) is 42.7 Å². The van der Waals surface area contributed by atoms with Gasteiger partial charge in [-0.2, -0.15) is 0 Å². The fourth-order valence-corrected chi connectivity index (χ4v) is 3.35. The van der Waals surface area contributed by atoms with Gasteiger partial charge in [-0.3, -0.25) is 9.59 Å². The number of anilines is 1. The first-order valence-corrected chi connectivity index (χ1v) is 7.62. The molecule has 6 nitrogen and oxygen atoms in total. The number of thiazole rings is 1. The van der Waals surface area contributed by atoms with Gasteiger partial charge in [0, 0.05) is 17.8 Å². The van der Waals surface area contributed by atoms with E-state index in [0.29, 0.717) is 13.2 Å². The molecule has 1 aromatic rings. The second-order valence-electron chi connectivity index (χ2n) is 4.67. The van der Waals surface area contributed by atoms with Crippen molar-refractivity contribution in [2.45, 2.75) is 38.5 Å². The molecule has 0 aliphatic heterocycles. The fourth-order valence-electron chi connectivity index (χ4n) is 2.26. The average molecular weight is 297 g/mol. The third kappa shape index (κ3) is 3.47. The van der Waals surface area contributed by atoms with Crippen molar-refractivity contribution in [1.82, 2.24) is 4.98 Å². The fraction of sp³-hybridized carbons (Fsp3) is 0.615. The van der Waals surface area contributed by atoms with E-state index in [9.17, 15) is 9.59 Å². The second-order valence-corrected chi connectivity index (χ2v) is 5.75. The summed E-state index contributed by atoms with van der Waals surface area (Å²) in [4.78, 5) is 28.3. The zero-order valence-corrected chi connectivity index (χ0v) is 12.3. The van der Waals surface area contributed by atoms with Crippen molar-refractivity contribution in [3.63, 3.8) is 0 Å². The minimum absolute atomic E-state index is 0.192. The number of esters is 1. The Bertz CT molecular complexity index is 501. The zero-order valence-electron chi connectivity index (χ0n) is 11.5. The Hall–Kier alpha value is -1.63. The van der Waals surface area contributed by atoms with Crippen molar-refractivity contribution in [2.24, 2.45) is 5.73 Å². The van der Waals surface area contributed by atoms with Gasteiger partial charge in [0.15, 0.2) is 5.13 Å². The standard InChI is InChI=1S/C13H19N3O3S/c1-2-19-12(18)8-4-3-5-9-11(8)16-13(20-9)15-7-6-10(14)17/h8H,2-7H2,1H3,(H2,14,17)(H,15,16). The highest BCUT2D eigenvalue weighted by atomic mass is 32.1. The van der Waals surface area contributed by atoms with Crippen molar-refractivity contribution < 1.29 is 14.3 Å². The summed E-state index contributed by atoms with van der Waals surface area (Å²) in [5, 5.41) is 3.82. The van der Waals surface area contributed by atoms with E-state index in [2.05, 4.69) is 10.3 Å². The lowest BCUT2D eigenvalue weighted by molar-refractivity contribution is -0.145. The molecular formula is C13H19N3O3S. The second kappa shape index (κ2) is 6.69. The number of primary amides is 1. The van der Waals surface area contributed by atoms with Crippen LogP contribution < -0.4 is 11.1 Å². The Balaban J connectivity index is 2.06. The van der Waals surface area contributed by atoms with Crippen LogP contribution in [0.2, 0.25) is 0 Å². The van der Waals surface area contributed by atoms with Crippen LogP contribution in [0.4, 0.5) is 5.13 Å². The van der Waals surface area contributed by atoms with E-state index in [-0.39, 0.29) is 24.2 Å². The molecule has 1 aliphatic rings. The number of aryl methyl sites for hydroxylation is 1. The highest BCUT2D eigenvalue weighted by molar-refractivity contribution is 7.15. The summed E-state index contributed by atoms with van der Waals surface area (Å²) >= 11 is 1.54. The number of fused-ring (bicyclic) bond motifs is 1. The molecule has 110 valence electrons. The lowest BCUT2D eigenvalue weighted by Gasteiger charge is -2.19. The summed E-state index contributed by atoms with van der Waals surface area (Å²) in [5.74, 6) is -0.785. The van der Waals surface area contributed by atoms with Gasteiger partial charge < -0.3 is 15.8 Å². The third-order valence-electron chi connectivity index (χ3n) is 3.17. The molecule has 0 saturated heterocycles. The number of carbonyl (C=O) groups is 2. The number of hydrogen-bond acceptors (Lipinski definition) is 6. The molecule has 20 heavy (non-hydrogen) atoms. The van der Waals surface area contributed by atoms with Crippen molar-refractivity contribution in [3.8, 4) is 0 Å².